The van der Waals surface area contributed by atoms with Crippen LogP contribution in [0.1, 0.15) is 57.3 Å². The van der Waals surface area contributed by atoms with Crippen LogP contribution in [-0.2, 0) is 9.53 Å². The Morgan fingerprint density at radius 2 is 1.81 bits per heavy atom. The third-order valence-corrected chi connectivity index (χ3v) is 7.06. The van der Waals surface area contributed by atoms with E-state index in [1.54, 1.807) is 12.1 Å². The summed E-state index contributed by atoms with van der Waals surface area (Å²) in [5.74, 6) is 1.55. The second-order valence-electron chi connectivity index (χ2n) is 8.59. The average Bonchev–Trinajstić information content (AvgIpc) is 2.69. The maximum Gasteiger partial charge on any atom is 0.338 e. The molecule has 0 heterocycles. The van der Waals surface area contributed by atoms with Crippen molar-refractivity contribution >= 4 is 12.3 Å². The normalized spacial score (nSPS) is 36.6. The van der Waals surface area contributed by atoms with Gasteiger partial charge in [0.25, 0.3) is 0 Å². The largest absolute Gasteiger partial charge is 0.458 e. The van der Waals surface area contributed by atoms with E-state index in [0.717, 1.165) is 19.3 Å². The van der Waals surface area contributed by atoms with E-state index in [9.17, 15) is 9.59 Å². The van der Waals surface area contributed by atoms with Crippen LogP contribution in [0.4, 0.5) is 0 Å². The second kappa shape index (κ2) is 8.41. The van der Waals surface area contributed by atoms with Crippen LogP contribution in [0.15, 0.2) is 42.0 Å². The minimum absolute atomic E-state index is 0.0168. The number of ether oxygens (including phenoxy) is 1. The Balaban J connectivity index is 1.84. The van der Waals surface area contributed by atoms with Gasteiger partial charge in [-0.1, -0.05) is 43.7 Å². The van der Waals surface area contributed by atoms with Crippen molar-refractivity contribution in [3.63, 3.8) is 0 Å². The molecule has 0 aromatic heterocycles. The minimum Gasteiger partial charge on any atom is -0.458 e. The predicted octanol–water partition coefficient (Wildman–Crippen LogP) is 5.31. The van der Waals surface area contributed by atoms with Gasteiger partial charge in [0.05, 0.1) is 5.56 Å². The van der Waals surface area contributed by atoms with Crippen LogP contribution < -0.4 is 0 Å². The van der Waals surface area contributed by atoms with E-state index >= 15 is 0 Å². The molecule has 0 amide bonds. The molecular formula is C24H32O3. The van der Waals surface area contributed by atoms with Gasteiger partial charge in [0.1, 0.15) is 12.4 Å². The van der Waals surface area contributed by atoms with Gasteiger partial charge in [-0.3, -0.25) is 0 Å². The fourth-order valence-corrected chi connectivity index (χ4v) is 5.72. The highest BCUT2D eigenvalue weighted by atomic mass is 16.5. The number of aldehydes is 1. The highest BCUT2D eigenvalue weighted by Crippen LogP contribution is 2.52. The smallest absolute Gasteiger partial charge is 0.338 e. The summed E-state index contributed by atoms with van der Waals surface area (Å²) in [5.41, 5.74) is 1.92. The molecule has 2 fully saturated rings. The standard InChI is InChI=1S/C24H32O3/c1-5-15(2)22-17(4)13-19-21(12-11-16(3)23(19)20(22)14-25)27-24(26)18-9-7-6-8-10-18/h5-10,14,16-17,19-23H,11-13H2,1-4H3/b15-5+/t16-,17-,19-,20+,21-,22+,23+/m0/s1. The molecule has 0 saturated heterocycles. The zero-order valence-corrected chi connectivity index (χ0v) is 16.9. The number of allylic oxidation sites excluding steroid dienone is 2. The predicted molar refractivity (Wildman–Crippen MR) is 107 cm³/mol. The molecule has 0 N–H and O–H groups in total. The van der Waals surface area contributed by atoms with Crippen molar-refractivity contribution < 1.29 is 14.3 Å². The molecule has 0 spiro atoms. The molecular weight excluding hydrogens is 336 g/mol. The summed E-state index contributed by atoms with van der Waals surface area (Å²) in [6.07, 6.45) is 6.17. The molecule has 3 heteroatoms. The highest BCUT2D eigenvalue weighted by Gasteiger charge is 2.50. The van der Waals surface area contributed by atoms with Crippen LogP contribution in [0.3, 0.4) is 0 Å². The van der Waals surface area contributed by atoms with E-state index in [4.69, 9.17) is 4.74 Å². The lowest BCUT2D eigenvalue weighted by atomic mass is 9.54. The van der Waals surface area contributed by atoms with Gasteiger partial charge >= 0.3 is 5.97 Å². The van der Waals surface area contributed by atoms with Gasteiger partial charge in [0.15, 0.2) is 0 Å². The van der Waals surface area contributed by atoms with Crippen molar-refractivity contribution in [3.05, 3.63) is 47.5 Å². The minimum atomic E-state index is -0.240. The van der Waals surface area contributed by atoms with E-state index in [-0.39, 0.29) is 23.9 Å². The third-order valence-electron chi connectivity index (χ3n) is 7.06. The number of fused-ring (bicyclic) bond motifs is 1. The van der Waals surface area contributed by atoms with Crippen LogP contribution in [0, 0.1) is 35.5 Å². The molecule has 27 heavy (non-hydrogen) atoms. The molecule has 0 unspecified atom stereocenters. The molecule has 3 nitrogen and oxygen atoms in total. The van der Waals surface area contributed by atoms with Gasteiger partial charge in [-0.2, -0.15) is 0 Å². The molecule has 0 aliphatic heterocycles. The molecule has 0 radical (unpaired) electrons. The van der Waals surface area contributed by atoms with Gasteiger partial charge in [0, 0.05) is 11.8 Å². The molecule has 3 rings (SSSR count). The molecule has 7 atom stereocenters. The van der Waals surface area contributed by atoms with E-state index in [1.165, 1.54) is 11.9 Å². The summed E-state index contributed by atoms with van der Waals surface area (Å²) in [7, 11) is 0. The molecule has 1 aromatic rings. The Hall–Kier alpha value is -1.90. The lowest BCUT2D eigenvalue weighted by Gasteiger charge is -2.52. The second-order valence-corrected chi connectivity index (χ2v) is 8.59. The van der Waals surface area contributed by atoms with Crippen LogP contribution in [0.25, 0.3) is 0 Å². The van der Waals surface area contributed by atoms with Crippen LogP contribution in [-0.4, -0.2) is 18.4 Å². The fourth-order valence-electron chi connectivity index (χ4n) is 5.72. The summed E-state index contributed by atoms with van der Waals surface area (Å²) >= 11 is 0. The molecule has 146 valence electrons. The number of hydrogen-bond donors (Lipinski definition) is 0. The maximum absolute atomic E-state index is 12.6. The summed E-state index contributed by atoms with van der Waals surface area (Å²) in [6, 6.07) is 9.22. The van der Waals surface area contributed by atoms with Crippen molar-refractivity contribution in [2.45, 2.75) is 53.1 Å². The van der Waals surface area contributed by atoms with Gasteiger partial charge < -0.3 is 9.53 Å². The summed E-state index contributed by atoms with van der Waals surface area (Å²) in [6.45, 7) is 8.73. The number of carbonyl (C=O) groups excluding carboxylic acids is 2. The SMILES string of the molecule is C/C=C(\C)[C@H]1[C@@H](C=O)[C@H]2[C@@H](C[C@@H]1C)[C@@H](OC(=O)c1ccccc1)CC[C@@H]2C. The summed E-state index contributed by atoms with van der Waals surface area (Å²) in [5, 5.41) is 0. The van der Waals surface area contributed by atoms with Gasteiger partial charge in [-0.05, 0) is 68.9 Å². The van der Waals surface area contributed by atoms with Gasteiger partial charge in [-0.25, -0.2) is 4.79 Å². The number of rotatable bonds is 4. The van der Waals surface area contributed by atoms with Crippen molar-refractivity contribution in [2.75, 3.05) is 0 Å². The van der Waals surface area contributed by atoms with E-state index < -0.39 is 0 Å². The van der Waals surface area contributed by atoms with Crippen LogP contribution in [0.5, 0.6) is 0 Å². The Bertz CT molecular complexity index is 693. The Kier molecular flexibility index (Phi) is 6.18. The van der Waals surface area contributed by atoms with E-state index in [1.807, 2.05) is 18.2 Å². The lowest BCUT2D eigenvalue weighted by molar-refractivity contribution is -0.126. The maximum atomic E-state index is 12.6. The number of carbonyl (C=O) groups is 2. The first-order valence-electron chi connectivity index (χ1n) is 10.3. The Morgan fingerprint density at radius 3 is 2.44 bits per heavy atom. The fraction of sp³-hybridized carbons (Fsp3) is 0.583. The van der Waals surface area contributed by atoms with Crippen molar-refractivity contribution in [1.29, 1.82) is 0 Å². The third kappa shape index (κ3) is 3.88. The summed E-state index contributed by atoms with van der Waals surface area (Å²) in [4.78, 5) is 24.8. The Labute approximate surface area is 163 Å². The quantitative estimate of drug-likeness (QED) is 0.411. The topological polar surface area (TPSA) is 43.4 Å². The molecule has 1 aromatic carbocycles. The average molecular weight is 369 g/mol. The van der Waals surface area contributed by atoms with E-state index in [2.05, 4.69) is 33.8 Å². The van der Waals surface area contributed by atoms with E-state index in [0.29, 0.717) is 29.2 Å². The van der Waals surface area contributed by atoms with Crippen LogP contribution in [0.2, 0.25) is 0 Å². The first kappa shape index (κ1) is 19.9. The molecule has 2 aliphatic carbocycles. The molecule has 2 saturated carbocycles. The van der Waals surface area contributed by atoms with Crippen LogP contribution >= 0.6 is 0 Å². The van der Waals surface area contributed by atoms with Crippen molar-refractivity contribution in [2.24, 2.45) is 35.5 Å². The Morgan fingerprint density at radius 1 is 1.11 bits per heavy atom. The zero-order valence-electron chi connectivity index (χ0n) is 16.9. The number of hydrogen-bond acceptors (Lipinski definition) is 3. The number of benzene rings is 1. The first-order valence-corrected chi connectivity index (χ1v) is 10.3. The van der Waals surface area contributed by atoms with Gasteiger partial charge in [0.2, 0.25) is 0 Å². The lowest BCUT2D eigenvalue weighted by Crippen LogP contribution is -2.51. The van der Waals surface area contributed by atoms with Crippen molar-refractivity contribution in [1.82, 2.24) is 0 Å². The summed E-state index contributed by atoms with van der Waals surface area (Å²) < 4.78 is 5.99. The highest BCUT2D eigenvalue weighted by molar-refractivity contribution is 5.89. The molecule has 0 bridgehead atoms. The van der Waals surface area contributed by atoms with Gasteiger partial charge in [-0.15, -0.1) is 0 Å². The first-order chi connectivity index (χ1) is 13.0. The van der Waals surface area contributed by atoms with Crippen molar-refractivity contribution in [3.8, 4) is 0 Å². The molecule has 2 aliphatic rings. The number of esters is 1. The monoisotopic (exact) mass is 368 g/mol. The zero-order chi connectivity index (χ0) is 19.6.